The van der Waals surface area contributed by atoms with Crippen LogP contribution in [-0.4, -0.2) is 11.7 Å². The normalized spacial score (nSPS) is 43.7. The second kappa shape index (κ2) is 6.94. The van der Waals surface area contributed by atoms with Gasteiger partial charge < -0.3 is 9.52 Å². The lowest BCUT2D eigenvalue weighted by atomic mass is 9.38. The van der Waals surface area contributed by atoms with E-state index in [1.165, 1.54) is 56.9 Å². The van der Waals surface area contributed by atoms with Crippen LogP contribution >= 0.6 is 0 Å². The fraction of sp³-hybridized carbons (Fsp3) is 0.840. The van der Waals surface area contributed by atoms with Gasteiger partial charge in [0.2, 0.25) is 0 Å². The standard InChI is InChI=1S/C25H40O2/c1-23(2)12-5-13-25(4)21(23)10-14-24(3)20(8-6-18-11-15-27-17-18)19(16-26)7-9-22(24)25/h11,15,17,19-22,26H,5-10,12-14,16H2,1-4H3/t19-,20-,21-,22-,24+,25-/m0/s1. The SMILES string of the molecule is CC1(C)CCC[C@]2(C)[C@H]3CC[C@@H](CO)[C@H](CCc4ccoc4)[C@@]3(C)CC[C@@H]12. The summed E-state index contributed by atoms with van der Waals surface area (Å²) in [6.45, 7) is 10.7. The minimum atomic E-state index is 0.365. The van der Waals surface area contributed by atoms with Crippen molar-refractivity contribution >= 4 is 0 Å². The molecule has 0 unspecified atom stereocenters. The maximum atomic E-state index is 10.2. The van der Waals surface area contributed by atoms with Crippen LogP contribution in [0.1, 0.15) is 84.6 Å². The predicted octanol–water partition coefficient (Wildman–Crippen LogP) is 6.48. The highest BCUT2D eigenvalue weighted by Crippen LogP contribution is 2.69. The summed E-state index contributed by atoms with van der Waals surface area (Å²) in [5.41, 5.74) is 2.68. The Balaban J connectivity index is 1.62. The van der Waals surface area contributed by atoms with E-state index in [1.54, 1.807) is 6.26 Å². The third-order valence-corrected chi connectivity index (χ3v) is 9.64. The largest absolute Gasteiger partial charge is 0.472 e. The molecular weight excluding hydrogens is 332 g/mol. The van der Waals surface area contributed by atoms with Gasteiger partial charge in [-0.3, -0.25) is 0 Å². The number of hydrogen-bond acceptors (Lipinski definition) is 2. The number of aliphatic hydroxyl groups excluding tert-OH is 1. The summed E-state index contributed by atoms with van der Waals surface area (Å²) < 4.78 is 5.30. The molecule has 2 heteroatoms. The van der Waals surface area contributed by atoms with Crippen molar-refractivity contribution in [2.24, 2.45) is 39.9 Å². The fourth-order valence-electron chi connectivity index (χ4n) is 8.45. The van der Waals surface area contributed by atoms with E-state index in [0.29, 0.717) is 34.7 Å². The maximum absolute atomic E-state index is 10.2. The second-order valence-electron chi connectivity index (χ2n) is 11.3. The maximum Gasteiger partial charge on any atom is 0.0934 e. The topological polar surface area (TPSA) is 33.4 Å². The van der Waals surface area contributed by atoms with E-state index >= 15 is 0 Å². The number of furan rings is 1. The first-order valence-corrected chi connectivity index (χ1v) is 11.4. The zero-order chi connectivity index (χ0) is 19.3. The first kappa shape index (κ1) is 19.6. The summed E-state index contributed by atoms with van der Waals surface area (Å²) in [6.07, 6.45) is 15.5. The molecular formula is C25H40O2. The molecule has 0 spiro atoms. The molecule has 6 atom stereocenters. The molecule has 1 heterocycles. The highest BCUT2D eigenvalue weighted by atomic mass is 16.3. The van der Waals surface area contributed by atoms with Gasteiger partial charge in [-0.1, -0.05) is 34.1 Å². The Kier molecular flexibility index (Phi) is 5.02. The van der Waals surface area contributed by atoms with E-state index in [0.717, 1.165) is 18.3 Å². The number of rotatable bonds is 4. The lowest BCUT2D eigenvalue weighted by molar-refractivity contribution is -0.179. The van der Waals surface area contributed by atoms with E-state index in [4.69, 9.17) is 4.42 Å². The van der Waals surface area contributed by atoms with Gasteiger partial charge in [0.15, 0.2) is 0 Å². The van der Waals surface area contributed by atoms with Crippen LogP contribution in [-0.2, 0) is 6.42 Å². The molecule has 1 aromatic rings. The molecule has 0 saturated heterocycles. The number of hydrogen-bond donors (Lipinski definition) is 1. The molecule has 3 fully saturated rings. The van der Waals surface area contributed by atoms with Gasteiger partial charge in [-0.25, -0.2) is 0 Å². The van der Waals surface area contributed by atoms with Crippen LogP contribution in [0.15, 0.2) is 23.0 Å². The average Bonchev–Trinajstić information content (AvgIpc) is 3.12. The summed E-state index contributed by atoms with van der Waals surface area (Å²) in [5.74, 6) is 2.81. The van der Waals surface area contributed by atoms with Crippen molar-refractivity contribution in [3.05, 3.63) is 24.2 Å². The highest BCUT2D eigenvalue weighted by molar-refractivity contribution is 5.12. The van der Waals surface area contributed by atoms with Crippen molar-refractivity contribution in [3.63, 3.8) is 0 Å². The Labute approximate surface area is 166 Å². The van der Waals surface area contributed by atoms with Gasteiger partial charge in [0, 0.05) is 6.61 Å². The van der Waals surface area contributed by atoms with Crippen molar-refractivity contribution in [1.82, 2.24) is 0 Å². The first-order chi connectivity index (χ1) is 12.8. The summed E-state index contributed by atoms with van der Waals surface area (Å²) in [5, 5.41) is 10.2. The average molecular weight is 373 g/mol. The third-order valence-electron chi connectivity index (χ3n) is 9.64. The Morgan fingerprint density at radius 3 is 2.52 bits per heavy atom. The molecule has 3 aliphatic carbocycles. The van der Waals surface area contributed by atoms with Crippen LogP contribution in [0.2, 0.25) is 0 Å². The van der Waals surface area contributed by atoms with Crippen LogP contribution in [0.3, 0.4) is 0 Å². The van der Waals surface area contributed by atoms with Gasteiger partial charge in [-0.05, 0) is 103 Å². The molecule has 2 nitrogen and oxygen atoms in total. The van der Waals surface area contributed by atoms with E-state index in [1.807, 2.05) is 6.26 Å². The van der Waals surface area contributed by atoms with Crippen LogP contribution in [0, 0.1) is 39.9 Å². The summed E-state index contributed by atoms with van der Waals surface area (Å²) in [7, 11) is 0. The van der Waals surface area contributed by atoms with Crippen molar-refractivity contribution in [2.75, 3.05) is 6.61 Å². The first-order valence-electron chi connectivity index (χ1n) is 11.4. The van der Waals surface area contributed by atoms with Crippen molar-refractivity contribution < 1.29 is 9.52 Å². The molecule has 3 saturated carbocycles. The Morgan fingerprint density at radius 1 is 1.00 bits per heavy atom. The zero-order valence-corrected chi connectivity index (χ0v) is 18.0. The molecule has 1 aromatic heterocycles. The van der Waals surface area contributed by atoms with Crippen LogP contribution in [0.4, 0.5) is 0 Å². The lowest BCUT2D eigenvalue weighted by Gasteiger charge is -2.66. The molecule has 4 rings (SSSR count). The third kappa shape index (κ3) is 3.11. The van der Waals surface area contributed by atoms with Gasteiger partial charge in [0.1, 0.15) is 0 Å². The van der Waals surface area contributed by atoms with Crippen LogP contribution < -0.4 is 0 Å². The van der Waals surface area contributed by atoms with E-state index < -0.39 is 0 Å². The van der Waals surface area contributed by atoms with Crippen LogP contribution in [0.25, 0.3) is 0 Å². The van der Waals surface area contributed by atoms with Crippen molar-refractivity contribution in [2.45, 2.75) is 85.5 Å². The summed E-state index contributed by atoms with van der Waals surface area (Å²) >= 11 is 0. The van der Waals surface area contributed by atoms with Gasteiger partial charge in [-0.2, -0.15) is 0 Å². The van der Waals surface area contributed by atoms with E-state index in [9.17, 15) is 5.11 Å². The number of aliphatic hydroxyl groups is 1. The molecule has 0 amide bonds. The van der Waals surface area contributed by atoms with Crippen molar-refractivity contribution in [1.29, 1.82) is 0 Å². The smallest absolute Gasteiger partial charge is 0.0934 e. The number of aryl methyl sites for hydroxylation is 1. The second-order valence-corrected chi connectivity index (χ2v) is 11.3. The number of fused-ring (bicyclic) bond motifs is 3. The van der Waals surface area contributed by atoms with Gasteiger partial charge in [-0.15, -0.1) is 0 Å². The molecule has 152 valence electrons. The van der Waals surface area contributed by atoms with E-state index in [-0.39, 0.29) is 0 Å². The Hall–Kier alpha value is -0.760. The molecule has 0 radical (unpaired) electrons. The Morgan fingerprint density at radius 2 is 1.81 bits per heavy atom. The quantitative estimate of drug-likeness (QED) is 0.656. The summed E-state index contributed by atoms with van der Waals surface area (Å²) in [4.78, 5) is 0. The Bertz CT molecular complexity index is 633. The molecule has 0 aromatic carbocycles. The van der Waals surface area contributed by atoms with Gasteiger partial charge >= 0.3 is 0 Å². The molecule has 1 N–H and O–H groups in total. The molecule has 0 bridgehead atoms. The minimum absolute atomic E-state index is 0.365. The fourth-order valence-corrected chi connectivity index (χ4v) is 8.45. The molecule has 27 heavy (non-hydrogen) atoms. The van der Waals surface area contributed by atoms with Gasteiger partial charge in [0.05, 0.1) is 12.5 Å². The highest BCUT2D eigenvalue weighted by Gasteiger charge is 2.61. The molecule has 3 aliphatic rings. The van der Waals surface area contributed by atoms with E-state index in [2.05, 4.69) is 33.8 Å². The minimum Gasteiger partial charge on any atom is -0.472 e. The lowest BCUT2D eigenvalue weighted by Crippen LogP contribution is -2.59. The predicted molar refractivity (Wildman–Crippen MR) is 110 cm³/mol. The zero-order valence-electron chi connectivity index (χ0n) is 18.0. The molecule has 0 aliphatic heterocycles. The van der Waals surface area contributed by atoms with Crippen LogP contribution in [0.5, 0.6) is 0 Å². The summed E-state index contributed by atoms with van der Waals surface area (Å²) in [6, 6.07) is 2.11. The monoisotopic (exact) mass is 372 g/mol. The van der Waals surface area contributed by atoms with Crippen molar-refractivity contribution in [3.8, 4) is 0 Å². The van der Waals surface area contributed by atoms with Gasteiger partial charge in [0.25, 0.3) is 0 Å².